The zero-order valence-corrected chi connectivity index (χ0v) is 19.8. The van der Waals surface area contributed by atoms with Crippen molar-refractivity contribution >= 4 is 28.4 Å². The lowest BCUT2D eigenvalue weighted by molar-refractivity contribution is -0.121. The molecule has 1 N–H and O–H groups in total. The van der Waals surface area contributed by atoms with Gasteiger partial charge < -0.3 is 14.8 Å². The molecule has 0 saturated heterocycles. The Morgan fingerprint density at radius 1 is 1.00 bits per heavy atom. The number of amides is 1. The minimum Gasteiger partial charge on any atom is -0.454 e. The third-order valence-electron chi connectivity index (χ3n) is 5.96. The predicted molar refractivity (Wildman–Crippen MR) is 132 cm³/mol. The molecule has 3 aromatic carbocycles. The maximum absolute atomic E-state index is 13.5. The van der Waals surface area contributed by atoms with Gasteiger partial charge in [0.2, 0.25) is 12.7 Å². The smallest absolute Gasteiger partial charge is 0.331 e. The molecule has 0 saturated carbocycles. The van der Waals surface area contributed by atoms with Gasteiger partial charge in [-0.25, -0.2) is 9.18 Å². The molecule has 0 bridgehead atoms. The molecular formula is C26H21ClFN3O5. The second kappa shape index (κ2) is 9.87. The Bertz CT molecular complexity index is 1600. The van der Waals surface area contributed by atoms with Crippen LogP contribution in [0.15, 0.2) is 70.3 Å². The van der Waals surface area contributed by atoms with Gasteiger partial charge in [0, 0.05) is 24.5 Å². The largest absolute Gasteiger partial charge is 0.454 e. The molecule has 10 heteroatoms. The fraction of sp³-hybridized carbons (Fsp3) is 0.192. The number of nitrogens with zero attached hydrogens (tertiary/aromatic N) is 2. The zero-order chi connectivity index (χ0) is 25.2. The highest BCUT2D eigenvalue weighted by molar-refractivity contribution is 6.31. The predicted octanol–water partition coefficient (Wildman–Crippen LogP) is 3.44. The summed E-state index contributed by atoms with van der Waals surface area (Å²) < 4.78 is 26.6. The molecule has 184 valence electrons. The fourth-order valence-electron chi connectivity index (χ4n) is 4.09. The second-order valence-electron chi connectivity index (χ2n) is 8.29. The number of ether oxygens (including phenoxy) is 2. The third kappa shape index (κ3) is 4.70. The van der Waals surface area contributed by atoms with Crippen LogP contribution in [0.4, 0.5) is 4.39 Å². The highest BCUT2D eigenvalue weighted by Crippen LogP contribution is 2.32. The van der Waals surface area contributed by atoms with Crippen molar-refractivity contribution in [3.05, 3.63) is 103 Å². The molecule has 8 nitrogen and oxygen atoms in total. The van der Waals surface area contributed by atoms with Gasteiger partial charge in [0.15, 0.2) is 11.5 Å². The van der Waals surface area contributed by atoms with Crippen molar-refractivity contribution in [2.75, 3.05) is 6.79 Å². The van der Waals surface area contributed by atoms with Crippen LogP contribution in [0.1, 0.15) is 17.5 Å². The van der Waals surface area contributed by atoms with Gasteiger partial charge >= 0.3 is 5.69 Å². The molecule has 1 aliphatic heterocycles. The molecular weight excluding hydrogens is 489 g/mol. The number of nitrogens with one attached hydrogen (secondary N) is 1. The normalized spacial score (nSPS) is 12.2. The number of carbonyl (C=O) groups excluding carboxylic acids is 1. The number of fused-ring (bicyclic) bond motifs is 2. The Morgan fingerprint density at radius 3 is 2.64 bits per heavy atom. The lowest BCUT2D eigenvalue weighted by Gasteiger charge is -2.15. The standard InChI is InChI=1S/C26H21ClFN3O5/c27-20-12-18(28)7-6-17(20)14-31-21-4-2-1-3-19(21)25(33)30(26(31)34)10-9-24(32)29-13-16-5-8-22-23(11-16)36-15-35-22/h1-8,11-12H,9-10,13-15H2,(H,29,32). The first-order valence-electron chi connectivity index (χ1n) is 11.2. The zero-order valence-electron chi connectivity index (χ0n) is 19.0. The molecule has 0 atom stereocenters. The first kappa shape index (κ1) is 23.6. The number of carbonyl (C=O) groups is 1. The van der Waals surface area contributed by atoms with Crippen LogP contribution in [0.25, 0.3) is 10.9 Å². The molecule has 0 spiro atoms. The van der Waals surface area contributed by atoms with Crippen LogP contribution in [0, 0.1) is 5.82 Å². The number of hydrogen-bond acceptors (Lipinski definition) is 5. The summed E-state index contributed by atoms with van der Waals surface area (Å²) in [6.45, 7) is 0.355. The topological polar surface area (TPSA) is 91.6 Å². The molecule has 1 aromatic heterocycles. The van der Waals surface area contributed by atoms with E-state index in [0.717, 1.165) is 10.1 Å². The monoisotopic (exact) mass is 509 g/mol. The minimum absolute atomic E-state index is 0.0368. The Morgan fingerprint density at radius 2 is 1.81 bits per heavy atom. The summed E-state index contributed by atoms with van der Waals surface area (Å²) in [6.07, 6.45) is -0.0741. The van der Waals surface area contributed by atoms with Crippen molar-refractivity contribution in [3.8, 4) is 11.5 Å². The van der Waals surface area contributed by atoms with E-state index in [0.29, 0.717) is 28.0 Å². The molecule has 1 amide bonds. The van der Waals surface area contributed by atoms with Crippen molar-refractivity contribution in [2.45, 2.75) is 26.1 Å². The average Bonchev–Trinajstić information content (AvgIpc) is 3.34. The second-order valence-corrected chi connectivity index (χ2v) is 8.70. The van der Waals surface area contributed by atoms with Crippen LogP contribution in [0.3, 0.4) is 0 Å². The lowest BCUT2D eigenvalue weighted by Crippen LogP contribution is -2.41. The molecule has 0 radical (unpaired) electrons. The Labute approximate surface area is 209 Å². The SMILES string of the molecule is O=C(CCn1c(=O)c2ccccc2n(Cc2ccc(F)cc2Cl)c1=O)NCc1ccc2c(c1)OCO2. The third-order valence-corrected chi connectivity index (χ3v) is 6.32. The van der Waals surface area contributed by atoms with Crippen LogP contribution < -0.4 is 26.0 Å². The van der Waals surface area contributed by atoms with E-state index in [9.17, 15) is 18.8 Å². The van der Waals surface area contributed by atoms with E-state index in [1.165, 1.54) is 22.8 Å². The van der Waals surface area contributed by atoms with E-state index < -0.39 is 17.1 Å². The van der Waals surface area contributed by atoms with Crippen molar-refractivity contribution in [1.82, 2.24) is 14.5 Å². The molecule has 0 aliphatic carbocycles. The van der Waals surface area contributed by atoms with Crippen molar-refractivity contribution in [3.63, 3.8) is 0 Å². The molecule has 0 fully saturated rings. The van der Waals surface area contributed by atoms with Gasteiger partial charge in [-0.3, -0.25) is 18.7 Å². The molecule has 2 heterocycles. The first-order valence-corrected chi connectivity index (χ1v) is 11.6. The van der Waals surface area contributed by atoms with Gasteiger partial charge in [-0.2, -0.15) is 0 Å². The molecule has 5 rings (SSSR count). The van der Waals surface area contributed by atoms with Crippen molar-refractivity contribution in [1.29, 1.82) is 0 Å². The summed E-state index contributed by atoms with van der Waals surface area (Å²) in [4.78, 5) is 38.9. The van der Waals surface area contributed by atoms with Gasteiger partial charge in [-0.05, 0) is 47.5 Å². The van der Waals surface area contributed by atoms with Crippen LogP contribution in [0.2, 0.25) is 5.02 Å². The van der Waals surface area contributed by atoms with Gasteiger partial charge in [0.25, 0.3) is 5.56 Å². The van der Waals surface area contributed by atoms with E-state index in [1.807, 2.05) is 6.07 Å². The summed E-state index contributed by atoms with van der Waals surface area (Å²) in [5, 5.41) is 3.29. The molecule has 4 aromatic rings. The van der Waals surface area contributed by atoms with Crippen LogP contribution >= 0.6 is 11.6 Å². The van der Waals surface area contributed by atoms with Crippen LogP contribution in [0.5, 0.6) is 11.5 Å². The molecule has 36 heavy (non-hydrogen) atoms. The first-order chi connectivity index (χ1) is 17.4. The van der Waals surface area contributed by atoms with Crippen LogP contribution in [-0.2, 0) is 24.4 Å². The lowest BCUT2D eigenvalue weighted by atomic mass is 10.2. The number of benzene rings is 3. The maximum Gasteiger partial charge on any atom is 0.331 e. The summed E-state index contributed by atoms with van der Waals surface area (Å²) in [7, 11) is 0. The number of hydrogen-bond donors (Lipinski definition) is 1. The van der Waals surface area contributed by atoms with Crippen molar-refractivity contribution < 1.29 is 18.7 Å². The highest BCUT2D eigenvalue weighted by Gasteiger charge is 2.16. The van der Waals surface area contributed by atoms with E-state index in [-0.39, 0.29) is 43.8 Å². The Hall–Kier alpha value is -4.11. The fourth-order valence-corrected chi connectivity index (χ4v) is 4.32. The van der Waals surface area contributed by atoms with E-state index in [2.05, 4.69) is 5.32 Å². The van der Waals surface area contributed by atoms with Gasteiger partial charge in [0.1, 0.15) is 5.82 Å². The molecule has 1 aliphatic rings. The van der Waals surface area contributed by atoms with E-state index in [4.69, 9.17) is 21.1 Å². The van der Waals surface area contributed by atoms with E-state index >= 15 is 0 Å². The maximum atomic E-state index is 13.5. The number of halogens is 2. The summed E-state index contributed by atoms with van der Waals surface area (Å²) in [6, 6.07) is 16.0. The number of rotatable bonds is 7. The number of aromatic nitrogens is 2. The van der Waals surface area contributed by atoms with Gasteiger partial charge in [0.05, 0.1) is 17.4 Å². The molecule has 0 unspecified atom stereocenters. The summed E-state index contributed by atoms with van der Waals surface area (Å²) in [5.41, 5.74) is 0.714. The van der Waals surface area contributed by atoms with Gasteiger partial charge in [-0.1, -0.05) is 35.9 Å². The van der Waals surface area contributed by atoms with Gasteiger partial charge in [-0.15, -0.1) is 0 Å². The van der Waals surface area contributed by atoms with Crippen LogP contribution in [-0.4, -0.2) is 21.8 Å². The minimum atomic E-state index is -0.581. The quantitative estimate of drug-likeness (QED) is 0.412. The number of para-hydroxylation sites is 1. The Kier molecular flexibility index (Phi) is 6.47. The van der Waals surface area contributed by atoms with Crippen molar-refractivity contribution in [2.24, 2.45) is 0 Å². The Balaban J connectivity index is 1.36. The highest BCUT2D eigenvalue weighted by atomic mass is 35.5. The van der Waals surface area contributed by atoms with E-state index in [1.54, 1.807) is 36.4 Å². The summed E-state index contributed by atoms with van der Waals surface area (Å²) >= 11 is 6.18. The summed E-state index contributed by atoms with van der Waals surface area (Å²) in [5.74, 6) is 0.461. The average molecular weight is 510 g/mol.